The number of benzene rings is 1. The highest BCUT2D eigenvalue weighted by Gasteiger charge is 2.39. The molecule has 0 saturated carbocycles. The van der Waals surface area contributed by atoms with Crippen molar-refractivity contribution >= 4 is 17.7 Å². The largest absolute Gasteiger partial charge is 0.416 e. The second-order valence-corrected chi connectivity index (χ2v) is 7.17. The Balaban J connectivity index is 2.13. The van der Waals surface area contributed by atoms with E-state index in [1.807, 2.05) is 6.26 Å². The Hall–Kier alpha value is -1.21. The zero-order valence-corrected chi connectivity index (χ0v) is 14.4. The van der Waals surface area contributed by atoms with Gasteiger partial charge < -0.3 is 10.0 Å². The van der Waals surface area contributed by atoms with Crippen molar-refractivity contribution < 1.29 is 23.1 Å². The highest BCUT2D eigenvalue weighted by Crippen LogP contribution is 2.39. The summed E-state index contributed by atoms with van der Waals surface area (Å²) < 4.78 is 39.5. The number of aliphatic hydroxyl groups is 1. The van der Waals surface area contributed by atoms with Gasteiger partial charge in [0.25, 0.3) is 0 Å². The van der Waals surface area contributed by atoms with Crippen LogP contribution < -0.4 is 0 Å². The molecule has 0 bridgehead atoms. The van der Waals surface area contributed by atoms with Crippen LogP contribution in [0.15, 0.2) is 24.3 Å². The zero-order chi connectivity index (χ0) is 17.8. The summed E-state index contributed by atoms with van der Waals surface area (Å²) in [6.45, 7) is 0.784. The topological polar surface area (TPSA) is 40.5 Å². The number of halogens is 3. The number of alkyl halides is 3. The number of hydrogen-bond acceptors (Lipinski definition) is 3. The van der Waals surface area contributed by atoms with Crippen molar-refractivity contribution in [3.8, 4) is 0 Å². The number of amides is 1. The van der Waals surface area contributed by atoms with Gasteiger partial charge in [0.2, 0.25) is 5.91 Å². The predicted octanol–water partition coefficient (Wildman–Crippen LogP) is 3.21. The lowest BCUT2D eigenvalue weighted by atomic mass is 9.73. The van der Waals surface area contributed by atoms with E-state index in [2.05, 4.69) is 0 Å². The van der Waals surface area contributed by atoms with Crippen LogP contribution in [0.2, 0.25) is 0 Å². The predicted molar refractivity (Wildman–Crippen MR) is 88.9 cm³/mol. The first-order valence-electron chi connectivity index (χ1n) is 7.84. The molecule has 0 spiro atoms. The van der Waals surface area contributed by atoms with Crippen LogP contribution in [0.5, 0.6) is 0 Å². The van der Waals surface area contributed by atoms with Gasteiger partial charge in [-0.15, -0.1) is 0 Å². The second-order valence-electron chi connectivity index (χ2n) is 6.30. The number of likely N-dealkylation sites (tertiary alicyclic amines) is 1. The van der Waals surface area contributed by atoms with Crippen molar-refractivity contribution in [1.82, 2.24) is 4.90 Å². The summed E-state index contributed by atoms with van der Waals surface area (Å²) in [6.07, 6.45) is -1.36. The maximum atomic E-state index is 13.2. The minimum absolute atomic E-state index is 0.0460. The van der Waals surface area contributed by atoms with Crippen LogP contribution in [0.1, 0.15) is 24.0 Å². The molecule has 1 aromatic rings. The molecule has 1 aliphatic heterocycles. The molecule has 1 fully saturated rings. The summed E-state index contributed by atoms with van der Waals surface area (Å²) in [7, 11) is 0. The van der Waals surface area contributed by atoms with Crippen LogP contribution in [-0.4, -0.2) is 47.6 Å². The van der Waals surface area contributed by atoms with Gasteiger partial charge in [0.05, 0.1) is 11.3 Å². The summed E-state index contributed by atoms with van der Waals surface area (Å²) in [5, 5.41) is 9.84. The molecule has 134 valence electrons. The van der Waals surface area contributed by atoms with Crippen LogP contribution in [-0.2, 0) is 17.4 Å². The third kappa shape index (κ3) is 4.45. The maximum absolute atomic E-state index is 13.2. The van der Waals surface area contributed by atoms with E-state index < -0.39 is 17.2 Å². The van der Waals surface area contributed by atoms with Crippen molar-refractivity contribution in [3.05, 3.63) is 35.4 Å². The van der Waals surface area contributed by atoms with E-state index in [-0.39, 0.29) is 24.5 Å². The summed E-state index contributed by atoms with van der Waals surface area (Å²) in [4.78, 5) is 13.7. The third-order valence-electron chi connectivity index (χ3n) is 4.67. The summed E-state index contributed by atoms with van der Waals surface area (Å²) in [5.74, 6) is 0.452. The van der Waals surface area contributed by atoms with Crippen molar-refractivity contribution in [2.45, 2.75) is 25.4 Å². The van der Waals surface area contributed by atoms with Crippen LogP contribution in [0.25, 0.3) is 0 Å². The Morgan fingerprint density at radius 2 is 1.92 bits per heavy atom. The molecular weight excluding hydrogens is 339 g/mol. The number of carbonyl (C=O) groups excluding carboxylic acids is 1. The Bertz CT molecular complexity index is 569. The molecular formula is C17H22F3NO2S. The fourth-order valence-corrected chi connectivity index (χ4v) is 3.62. The van der Waals surface area contributed by atoms with Gasteiger partial charge in [-0.3, -0.25) is 4.79 Å². The van der Waals surface area contributed by atoms with Gasteiger partial charge in [0.1, 0.15) is 0 Å². The van der Waals surface area contributed by atoms with Crippen LogP contribution in [0.4, 0.5) is 13.2 Å². The lowest BCUT2D eigenvalue weighted by molar-refractivity contribution is -0.138. The van der Waals surface area contributed by atoms with E-state index in [1.165, 1.54) is 23.9 Å². The Kier molecular flexibility index (Phi) is 6.20. The van der Waals surface area contributed by atoms with Crippen molar-refractivity contribution in [2.24, 2.45) is 5.41 Å². The van der Waals surface area contributed by atoms with Crippen molar-refractivity contribution in [2.75, 3.05) is 31.7 Å². The summed E-state index contributed by atoms with van der Waals surface area (Å²) in [6, 6.07) is 5.53. The van der Waals surface area contributed by atoms with E-state index in [4.69, 9.17) is 0 Å². The van der Waals surface area contributed by atoms with Gasteiger partial charge in [-0.2, -0.15) is 24.9 Å². The SMILES string of the molecule is CSCC(=O)N1CCC(CO)(Cc2ccccc2C(F)(F)F)CC1. The first-order chi connectivity index (χ1) is 11.3. The number of rotatable bonds is 5. The molecule has 24 heavy (non-hydrogen) atoms. The van der Waals surface area contributed by atoms with E-state index in [0.717, 1.165) is 6.07 Å². The highest BCUT2D eigenvalue weighted by molar-refractivity contribution is 7.99. The van der Waals surface area contributed by atoms with Gasteiger partial charge in [-0.25, -0.2) is 0 Å². The number of carbonyl (C=O) groups is 1. The van der Waals surface area contributed by atoms with Gasteiger partial charge in [0.15, 0.2) is 0 Å². The summed E-state index contributed by atoms with van der Waals surface area (Å²) in [5.41, 5.74) is -1.03. The van der Waals surface area contributed by atoms with Crippen molar-refractivity contribution in [1.29, 1.82) is 0 Å². The number of hydrogen-bond donors (Lipinski definition) is 1. The maximum Gasteiger partial charge on any atom is 0.416 e. The fourth-order valence-electron chi connectivity index (χ4n) is 3.19. The zero-order valence-electron chi connectivity index (χ0n) is 13.6. The molecule has 1 aromatic carbocycles. The van der Waals surface area contributed by atoms with Gasteiger partial charge in [-0.1, -0.05) is 18.2 Å². The number of nitrogens with zero attached hydrogens (tertiary/aromatic N) is 1. The normalized spacial score (nSPS) is 17.8. The van der Waals surface area contributed by atoms with Gasteiger partial charge >= 0.3 is 6.18 Å². The fraction of sp³-hybridized carbons (Fsp3) is 0.588. The minimum atomic E-state index is -4.40. The molecule has 0 unspecified atom stereocenters. The first kappa shape index (κ1) is 19.1. The molecule has 2 rings (SSSR count). The lowest BCUT2D eigenvalue weighted by Crippen LogP contribution is -2.46. The number of piperidine rings is 1. The molecule has 7 heteroatoms. The first-order valence-corrected chi connectivity index (χ1v) is 9.23. The minimum Gasteiger partial charge on any atom is -0.396 e. The smallest absolute Gasteiger partial charge is 0.396 e. The molecule has 0 aromatic heterocycles. The van der Waals surface area contributed by atoms with Crippen LogP contribution in [0.3, 0.4) is 0 Å². The van der Waals surface area contributed by atoms with Gasteiger partial charge in [0, 0.05) is 25.1 Å². The monoisotopic (exact) mass is 361 g/mol. The second kappa shape index (κ2) is 7.78. The molecule has 0 aliphatic carbocycles. The molecule has 1 N–H and O–H groups in total. The highest BCUT2D eigenvalue weighted by atomic mass is 32.2. The lowest BCUT2D eigenvalue weighted by Gasteiger charge is -2.41. The van der Waals surface area contributed by atoms with E-state index in [9.17, 15) is 23.1 Å². The molecule has 1 saturated heterocycles. The molecule has 1 amide bonds. The molecule has 0 radical (unpaired) electrons. The van der Waals surface area contributed by atoms with E-state index >= 15 is 0 Å². The van der Waals surface area contributed by atoms with Gasteiger partial charge in [-0.05, 0) is 37.1 Å². The summed E-state index contributed by atoms with van der Waals surface area (Å²) >= 11 is 1.45. The average Bonchev–Trinajstić information content (AvgIpc) is 2.55. The Morgan fingerprint density at radius 3 is 2.46 bits per heavy atom. The molecule has 0 atom stereocenters. The van der Waals surface area contributed by atoms with E-state index in [1.54, 1.807) is 11.0 Å². The Morgan fingerprint density at radius 1 is 1.29 bits per heavy atom. The van der Waals surface area contributed by atoms with Crippen molar-refractivity contribution in [3.63, 3.8) is 0 Å². The van der Waals surface area contributed by atoms with E-state index in [0.29, 0.717) is 31.7 Å². The molecule has 1 aliphatic rings. The average molecular weight is 361 g/mol. The number of thioether (sulfide) groups is 1. The van der Waals surface area contributed by atoms with Crippen LogP contribution >= 0.6 is 11.8 Å². The Labute approximate surface area is 144 Å². The quantitative estimate of drug-likeness (QED) is 0.876. The number of aliphatic hydroxyl groups excluding tert-OH is 1. The van der Waals surface area contributed by atoms with Crippen LogP contribution in [0, 0.1) is 5.41 Å². The third-order valence-corrected chi connectivity index (χ3v) is 5.20. The standard InChI is InChI=1S/C17H22F3NO2S/c1-24-11-15(23)21-8-6-16(12-22,7-9-21)10-13-4-2-3-5-14(13)17(18,19)20/h2-5,22H,6-12H2,1H3. The molecule has 3 nitrogen and oxygen atoms in total. The molecule has 1 heterocycles.